The number of rotatable bonds is 15. The molecule has 3 nitrogen and oxygen atoms in total. The van der Waals surface area contributed by atoms with Gasteiger partial charge in [0.05, 0.1) is 25.4 Å². The molecule has 0 aliphatic rings. The number of carbonyl (C=O) groups is 1. The average Bonchev–Trinajstić information content (AvgIpc) is 2.79. The normalized spacial score (nSPS) is 15.6. The number of carbonyl (C=O) groups excluding carboxylic acids is 1. The van der Waals surface area contributed by atoms with Crippen molar-refractivity contribution >= 4 is 5.97 Å². The average molecular weight is 676 g/mol. The van der Waals surface area contributed by atoms with E-state index in [4.69, 9.17) is 0 Å². The first-order valence-electron chi connectivity index (χ1n) is 10.0. The zero-order valence-electron chi connectivity index (χ0n) is 19.7. The van der Waals surface area contributed by atoms with Gasteiger partial charge in [-0.3, -0.25) is 0 Å². The van der Waals surface area contributed by atoms with Crippen LogP contribution in [0.2, 0.25) is 0 Å². The molecule has 0 unspecified atom stereocenters. The van der Waals surface area contributed by atoms with Gasteiger partial charge < -0.3 is 9.47 Å². The standard InChI is InChI=1S/C18H13F21O3/c1-3-42-8(40)7(2)6-41-5-4-9(19,20)10(21,22)11(23,24)12(25,26)13(27,28)14(29,30)15(31,32)16(33,34)17(35,36)18(37,38)39/h2-6H2,1H3. The van der Waals surface area contributed by atoms with E-state index in [9.17, 15) is 97.0 Å². The van der Waals surface area contributed by atoms with Crippen LogP contribution in [0, 0.1) is 0 Å². The topological polar surface area (TPSA) is 35.5 Å². The zero-order chi connectivity index (χ0) is 34.4. The van der Waals surface area contributed by atoms with Crippen LogP contribution in [0.1, 0.15) is 13.3 Å². The van der Waals surface area contributed by atoms with Crippen LogP contribution in [0.3, 0.4) is 0 Å². The highest BCUT2D eigenvalue weighted by atomic mass is 19.4. The molecule has 0 aromatic heterocycles. The molecule has 0 aromatic rings. The highest BCUT2D eigenvalue weighted by Gasteiger charge is 2.97. The van der Waals surface area contributed by atoms with Gasteiger partial charge in [0.25, 0.3) is 0 Å². The van der Waals surface area contributed by atoms with Crippen molar-refractivity contribution in [2.75, 3.05) is 19.8 Å². The molecule has 0 rings (SSSR count). The van der Waals surface area contributed by atoms with Gasteiger partial charge in [-0.25, -0.2) is 4.79 Å². The van der Waals surface area contributed by atoms with E-state index in [-0.39, 0.29) is 6.61 Å². The van der Waals surface area contributed by atoms with E-state index >= 15 is 0 Å². The Morgan fingerprint density at radius 3 is 1.17 bits per heavy atom. The molecular weight excluding hydrogens is 663 g/mol. The van der Waals surface area contributed by atoms with Gasteiger partial charge in [-0.05, 0) is 6.92 Å². The first-order valence-corrected chi connectivity index (χ1v) is 10.0. The van der Waals surface area contributed by atoms with E-state index in [1.54, 1.807) is 0 Å². The predicted octanol–water partition coefficient (Wildman–Crippen LogP) is 7.79. The fraction of sp³-hybridized carbons (Fsp3) is 0.833. The molecule has 0 aliphatic heterocycles. The van der Waals surface area contributed by atoms with Crippen LogP contribution in [-0.2, 0) is 14.3 Å². The Balaban J connectivity index is 6.49. The van der Waals surface area contributed by atoms with E-state index in [1.165, 1.54) is 6.92 Å². The lowest BCUT2D eigenvalue weighted by molar-refractivity contribution is -0.474. The highest BCUT2D eigenvalue weighted by molar-refractivity contribution is 5.87. The van der Waals surface area contributed by atoms with Crippen molar-refractivity contribution in [3.8, 4) is 0 Å². The molecule has 0 bridgehead atoms. The molecule has 42 heavy (non-hydrogen) atoms. The third kappa shape index (κ3) is 5.78. The molecule has 0 fully saturated rings. The summed E-state index contributed by atoms with van der Waals surface area (Å²) in [4.78, 5) is 11.2. The molecular formula is C18H13F21O3. The quantitative estimate of drug-likeness (QED) is 0.0770. The van der Waals surface area contributed by atoms with Crippen LogP contribution < -0.4 is 0 Å². The van der Waals surface area contributed by atoms with Gasteiger partial charge in [-0.1, -0.05) is 6.58 Å². The number of hydrogen-bond donors (Lipinski definition) is 0. The van der Waals surface area contributed by atoms with E-state index in [0.29, 0.717) is 0 Å². The van der Waals surface area contributed by atoms with Crippen molar-refractivity contribution in [1.29, 1.82) is 0 Å². The Hall–Kier alpha value is -2.30. The monoisotopic (exact) mass is 676 g/mol. The molecule has 0 aliphatic carbocycles. The molecule has 0 aromatic carbocycles. The van der Waals surface area contributed by atoms with Crippen LogP contribution in [-0.4, -0.2) is 85.3 Å². The summed E-state index contributed by atoms with van der Waals surface area (Å²) in [5.74, 6) is -78.7. The summed E-state index contributed by atoms with van der Waals surface area (Å²) in [7, 11) is 0. The van der Waals surface area contributed by atoms with Gasteiger partial charge in [-0.15, -0.1) is 0 Å². The maximum atomic E-state index is 13.8. The maximum absolute atomic E-state index is 13.8. The summed E-state index contributed by atoms with van der Waals surface area (Å²) in [6.45, 7) is 0.626. The van der Waals surface area contributed by atoms with Crippen LogP contribution in [0.5, 0.6) is 0 Å². The van der Waals surface area contributed by atoms with Crippen molar-refractivity contribution in [2.45, 2.75) is 72.8 Å². The van der Waals surface area contributed by atoms with Gasteiger partial charge in [0.1, 0.15) is 0 Å². The SMILES string of the molecule is C=C(COCCC(F)(F)C(F)(F)C(F)(F)C(F)(F)C(F)(F)C(F)(F)C(F)(F)C(F)(F)C(F)(F)C(F)(F)F)C(=O)OCC. The second-order valence-corrected chi connectivity index (χ2v) is 7.92. The lowest BCUT2D eigenvalue weighted by Gasteiger charge is -2.44. The molecule has 250 valence electrons. The highest BCUT2D eigenvalue weighted by Crippen LogP contribution is 2.66. The predicted molar refractivity (Wildman–Crippen MR) is 91.8 cm³/mol. The third-order valence-corrected chi connectivity index (χ3v) is 4.98. The van der Waals surface area contributed by atoms with E-state index in [1.807, 2.05) is 0 Å². The maximum Gasteiger partial charge on any atom is 0.460 e. The zero-order valence-corrected chi connectivity index (χ0v) is 19.7. The number of esters is 1. The van der Waals surface area contributed by atoms with Crippen LogP contribution >= 0.6 is 0 Å². The third-order valence-electron chi connectivity index (χ3n) is 4.98. The summed E-state index contributed by atoms with van der Waals surface area (Å²) < 4.78 is 287. The van der Waals surface area contributed by atoms with Gasteiger partial charge in [0.15, 0.2) is 0 Å². The first-order chi connectivity index (χ1) is 18.1. The first kappa shape index (κ1) is 39.7. The van der Waals surface area contributed by atoms with Gasteiger partial charge in [0.2, 0.25) is 0 Å². The Morgan fingerprint density at radius 2 is 0.857 bits per heavy atom. The molecule has 0 N–H and O–H groups in total. The lowest BCUT2D eigenvalue weighted by Crippen LogP contribution is -2.76. The number of halogens is 21. The lowest BCUT2D eigenvalue weighted by atomic mass is 9.86. The van der Waals surface area contributed by atoms with E-state index in [2.05, 4.69) is 16.1 Å². The van der Waals surface area contributed by atoms with Gasteiger partial charge in [-0.2, -0.15) is 92.2 Å². The molecule has 0 saturated carbocycles. The van der Waals surface area contributed by atoms with Crippen LogP contribution in [0.4, 0.5) is 92.2 Å². The second-order valence-electron chi connectivity index (χ2n) is 7.92. The van der Waals surface area contributed by atoms with Gasteiger partial charge >= 0.3 is 65.4 Å². The Kier molecular flexibility index (Phi) is 10.7. The van der Waals surface area contributed by atoms with Crippen LogP contribution in [0.15, 0.2) is 12.2 Å². The molecule has 0 saturated heterocycles. The summed E-state index contributed by atoms with van der Waals surface area (Å²) in [5, 5.41) is 0. The van der Waals surface area contributed by atoms with E-state index in [0.717, 1.165) is 0 Å². The van der Waals surface area contributed by atoms with Crippen molar-refractivity contribution < 1.29 is 106 Å². The minimum Gasteiger partial charge on any atom is -0.463 e. The molecule has 0 spiro atoms. The number of alkyl halides is 21. The minimum absolute atomic E-state index is 0.316. The van der Waals surface area contributed by atoms with Crippen molar-refractivity contribution in [3.63, 3.8) is 0 Å². The van der Waals surface area contributed by atoms with Crippen molar-refractivity contribution in [2.24, 2.45) is 0 Å². The summed E-state index contributed by atoms with van der Waals surface area (Å²) in [5.41, 5.74) is -0.764. The van der Waals surface area contributed by atoms with Crippen molar-refractivity contribution in [3.05, 3.63) is 12.2 Å². The summed E-state index contributed by atoms with van der Waals surface area (Å²) in [6.07, 6.45) is -11.0. The van der Waals surface area contributed by atoms with Crippen LogP contribution in [0.25, 0.3) is 0 Å². The van der Waals surface area contributed by atoms with E-state index < -0.39 is 90.7 Å². The van der Waals surface area contributed by atoms with Crippen molar-refractivity contribution in [1.82, 2.24) is 0 Å². The smallest absolute Gasteiger partial charge is 0.460 e. The fourth-order valence-electron chi connectivity index (χ4n) is 2.44. The number of hydrogen-bond acceptors (Lipinski definition) is 3. The summed E-state index contributed by atoms with van der Waals surface area (Å²) in [6, 6.07) is 0. The molecule has 0 atom stereocenters. The Labute approximate surface area is 218 Å². The fourth-order valence-corrected chi connectivity index (χ4v) is 2.44. The minimum atomic E-state index is -9.22. The Morgan fingerprint density at radius 1 is 0.548 bits per heavy atom. The largest absolute Gasteiger partial charge is 0.463 e. The Bertz CT molecular complexity index is 981. The molecule has 24 heteroatoms. The number of ether oxygens (including phenoxy) is 2. The summed E-state index contributed by atoms with van der Waals surface area (Å²) >= 11 is 0. The molecule has 0 radical (unpaired) electrons. The molecule has 0 amide bonds. The molecule has 0 heterocycles. The van der Waals surface area contributed by atoms with Gasteiger partial charge in [0, 0.05) is 6.42 Å². The second kappa shape index (κ2) is 11.3.